The first-order valence-corrected chi connectivity index (χ1v) is 5.38. The van der Waals surface area contributed by atoms with Gasteiger partial charge in [0.2, 0.25) is 0 Å². The molecule has 0 aliphatic heterocycles. The molecule has 0 aliphatic rings. The van der Waals surface area contributed by atoms with Gasteiger partial charge in [0.1, 0.15) is 6.04 Å². The van der Waals surface area contributed by atoms with Crippen molar-refractivity contribution >= 4 is 11.9 Å². The van der Waals surface area contributed by atoms with E-state index >= 15 is 0 Å². The summed E-state index contributed by atoms with van der Waals surface area (Å²) in [5.41, 5.74) is 1.14. The number of nitrogens with zero attached hydrogens (tertiary/aromatic N) is 1. The van der Waals surface area contributed by atoms with Gasteiger partial charge in [0.15, 0.2) is 0 Å². The summed E-state index contributed by atoms with van der Waals surface area (Å²) in [7, 11) is 0. The monoisotopic (exact) mass is 236 g/mol. The number of amides is 1. The molecule has 0 unspecified atom stereocenters. The molecule has 92 valence electrons. The van der Waals surface area contributed by atoms with E-state index in [0.717, 1.165) is 0 Å². The van der Waals surface area contributed by atoms with Crippen molar-refractivity contribution in [1.82, 2.24) is 10.3 Å². The maximum Gasteiger partial charge on any atom is 0.326 e. The number of aryl methyl sites for hydroxylation is 1. The molecule has 0 fully saturated rings. The Bertz CT molecular complexity index is 430. The van der Waals surface area contributed by atoms with Crippen LogP contribution in [0.25, 0.3) is 0 Å². The van der Waals surface area contributed by atoms with Crippen LogP contribution in [-0.4, -0.2) is 28.0 Å². The maximum atomic E-state index is 11.8. The zero-order chi connectivity index (χ0) is 13.0. The molecule has 0 bridgehead atoms. The first-order valence-electron chi connectivity index (χ1n) is 5.38. The SMILES string of the molecule is Cc1cc(C(=O)N[C@H](C(=O)O)C(C)C)ccn1. The highest BCUT2D eigenvalue weighted by molar-refractivity contribution is 5.96. The van der Waals surface area contributed by atoms with Crippen molar-refractivity contribution in [1.29, 1.82) is 0 Å². The standard InChI is InChI=1S/C12H16N2O3/c1-7(2)10(12(16)17)14-11(15)9-4-5-13-8(3)6-9/h4-7,10H,1-3H3,(H,14,15)(H,16,17)/t10-/m0/s1. The van der Waals surface area contributed by atoms with E-state index in [1.54, 1.807) is 32.9 Å². The molecule has 1 heterocycles. The molecule has 0 saturated heterocycles. The van der Waals surface area contributed by atoms with Crippen LogP contribution in [0.1, 0.15) is 29.9 Å². The molecule has 17 heavy (non-hydrogen) atoms. The summed E-state index contributed by atoms with van der Waals surface area (Å²) in [5.74, 6) is -1.59. The molecule has 1 rings (SSSR count). The number of carbonyl (C=O) groups is 2. The van der Waals surface area contributed by atoms with E-state index < -0.39 is 17.9 Å². The molecule has 5 nitrogen and oxygen atoms in total. The second-order valence-electron chi connectivity index (χ2n) is 4.22. The summed E-state index contributed by atoms with van der Waals surface area (Å²) in [5, 5.41) is 11.5. The molecular weight excluding hydrogens is 220 g/mol. The minimum atomic E-state index is -1.03. The van der Waals surface area contributed by atoms with Crippen LogP contribution in [0.5, 0.6) is 0 Å². The van der Waals surface area contributed by atoms with Crippen LogP contribution in [0.3, 0.4) is 0 Å². The average Bonchev–Trinajstić information content (AvgIpc) is 2.24. The minimum Gasteiger partial charge on any atom is -0.480 e. The normalized spacial score (nSPS) is 12.2. The third kappa shape index (κ3) is 3.55. The van der Waals surface area contributed by atoms with E-state index in [4.69, 9.17) is 5.11 Å². The molecule has 5 heteroatoms. The molecule has 1 amide bonds. The summed E-state index contributed by atoms with van der Waals surface area (Å²) < 4.78 is 0. The van der Waals surface area contributed by atoms with E-state index in [-0.39, 0.29) is 5.92 Å². The van der Waals surface area contributed by atoms with Crippen molar-refractivity contribution in [3.63, 3.8) is 0 Å². The zero-order valence-electron chi connectivity index (χ0n) is 10.1. The van der Waals surface area contributed by atoms with Crippen LogP contribution < -0.4 is 5.32 Å². The van der Waals surface area contributed by atoms with Gasteiger partial charge in [-0.2, -0.15) is 0 Å². The minimum absolute atomic E-state index is 0.167. The Morgan fingerprint density at radius 3 is 2.53 bits per heavy atom. The number of carbonyl (C=O) groups excluding carboxylic acids is 1. The molecule has 0 radical (unpaired) electrons. The van der Waals surface area contributed by atoms with E-state index in [2.05, 4.69) is 10.3 Å². The summed E-state index contributed by atoms with van der Waals surface area (Å²) in [6.07, 6.45) is 1.52. The number of aromatic nitrogens is 1. The van der Waals surface area contributed by atoms with E-state index in [1.165, 1.54) is 6.20 Å². The third-order valence-corrected chi connectivity index (χ3v) is 2.38. The number of hydrogen-bond donors (Lipinski definition) is 2. The summed E-state index contributed by atoms with van der Waals surface area (Å²) in [6, 6.07) is 2.30. The lowest BCUT2D eigenvalue weighted by Crippen LogP contribution is -2.44. The molecule has 0 aromatic carbocycles. The Kier molecular flexibility index (Phi) is 4.20. The van der Waals surface area contributed by atoms with Gasteiger partial charge in [0.25, 0.3) is 5.91 Å². The number of hydrogen-bond acceptors (Lipinski definition) is 3. The van der Waals surface area contributed by atoms with E-state index in [1.807, 2.05) is 0 Å². The Hall–Kier alpha value is -1.91. The van der Waals surface area contributed by atoms with Crippen molar-refractivity contribution in [2.75, 3.05) is 0 Å². The number of aliphatic carboxylic acids is 1. The van der Waals surface area contributed by atoms with Crippen molar-refractivity contribution in [2.45, 2.75) is 26.8 Å². The van der Waals surface area contributed by atoms with E-state index in [0.29, 0.717) is 11.3 Å². The van der Waals surface area contributed by atoms with Gasteiger partial charge < -0.3 is 10.4 Å². The lowest BCUT2D eigenvalue weighted by molar-refractivity contribution is -0.140. The zero-order valence-corrected chi connectivity index (χ0v) is 10.1. The molecule has 1 atom stereocenters. The number of rotatable bonds is 4. The van der Waals surface area contributed by atoms with Crippen LogP contribution in [0.4, 0.5) is 0 Å². The van der Waals surface area contributed by atoms with Crippen molar-refractivity contribution < 1.29 is 14.7 Å². The highest BCUT2D eigenvalue weighted by Gasteiger charge is 2.23. The highest BCUT2D eigenvalue weighted by Crippen LogP contribution is 2.05. The van der Waals surface area contributed by atoms with Crippen LogP contribution in [0.15, 0.2) is 18.3 Å². The van der Waals surface area contributed by atoms with Crippen molar-refractivity contribution in [3.05, 3.63) is 29.6 Å². The fourth-order valence-corrected chi connectivity index (χ4v) is 1.42. The lowest BCUT2D eigenvalue weighted by Gasteiger charge is -2.17. The first-order chi connectivity index (χ1) is 7.91. The second kappa shape index (κ2) is 5.43. The predicted molar refractivity (Wildman–Crippen MR) is 62.7 cm³/mol. The fourth-order valence-electron chi connectivity index (χ4n) is 1.42. The fraction of sp³-hybridized carbons (Fsp3) is 0.417. The van der Waals surface area contributed by atoms with Crippen molar-refractivity contribution in [3.8, 4) is 0 Å². The van der Waals surface area contributed by atoms with Gasteiger partial charge in [0, 0.05) is 17.5 Å². The van der Waals surface area contributed by atoms with Crippen LogP contribution in [0.2, 0.25) is 0 Å². The number of nitrogens with one attached hydrogen (secondary N) is 1. The van der Waals surface area contributed by atoms with Crippen molar-refractivity contribution in [2.24, 2.45) is 5.92 Å². The van der Waals surface area contributed by atoms with Gasteiger partial charge in [-0.05, 0) is 25.0 Å². The quantitative estimate of drug-likeness (QED) is 0.824. The lowest BCUT2D eigenvalue weighted by atomic mass is 10.0. The number of pyridine rings is 1. The summed E-state index contributed by atoms with van der Waals surface area (Å²) in [4.78, 5) is 26.7. The summed E-state index contributed by atoms with van der Waals surface area (Å²) >= 11 is 0. The Balaban J connectivity index is 2.81. The topological polar surface area (TPSA) is 79.3 Å². The number of carboxylic acid groups (broad SMARTS) is 1. The first kappa shape index (κ1) is 13.2. The van der Waals surface area contributed by atoms with Crippen LogP contribution in [0, 0.1) is 12.8 Å². The Labute approximate surface area is 99.9 Å². The smallest absolute Gasteiger partial charge is 0.326 e. The van der Waals surface area contributed by atoms with Gasteiger partial charge in [-0.25, -0.2) is 4.79 Å². The van der Waals surface area contributed by atoms with Crippen LogP contribution in [-0.2, 0) is 4.79 Å². The summed E-state index contributed by atoms with van der Waals surface area (Å²) in [6.45, 7) is 5.27. The van der Waals surface area contributed by atoms with Gasteiger partial charge in [0.05, 0.1) is 0 Å². The molecule has 0 aliphatic carbocycles. The molecular formula is C12H16N2O3. The molecule has 0 saturated carbocycles. The molecule has 1 aromatic rings. The highest BCUT2D eigenvalue weighted by atomic mass is 16.4. The maximum absolute atomic E-state index is 11.8. The molecule has 0 spiro atoms. The Morgan fingerprint density at radius 2 is 2.06 bits per heavy atom. The number of carboxylic acids is 1. The largest absolute Gasteiger partial charge is 0.480 e. The van der Waals surface area contributed by atoms with Gasteiger partial charge in [-0.3, -0.25) is 9.78 Å². The van der Waals surface area contributed by atoms with Gasteiger partial charge in [-0.15, -0.1) is 0 Å². The predicted octanol–water partition coefficient (Wildman–Crippen LogP) is 1.23. The Morgan fingerprint density at radius 1 is 1.41 bits per heavy atom. The van der Waals surface area contributed by atoms with E-state index in [9.17, 15) is 9.59 Å². The average molecular weight is 236 g/mol. The third-order valence-electron chi connectivity index (χ3n) is 2.38. The van der Waals surface area contributed by atoms with Gasteiger partial charge >= 0.3 is 5.97 Å². The molecule has 1 aromatic heterocycles. The van der Waals surface area contributed by atoms with Crippen LogP contribution >= 0.6 is 0 Å². The molecule has 2 N–H and O–H groups in total. The second-order valence-corrected chi connectivity index (χ2v) is 4.22. The van der Waals surface area contributed by atoms with Gasteiger partial charge in [-0.1, -0.05) is 13.8 Å².